The molecule has 0 saturated carbocycles. The molecule has 0 aliphatic carbocycles. The molecule has 2 aromatic carbocycles. The topological polar surface area (TPSA) is 28.9 Å². The smallest absolute Gasteiger partial charge is 0.178 e. The molecule has 2 heterocycles. The fourth-order valence-electron chi connectivity index (χ4n) is 4.32. The number of quaternary nitrogens is 1. The predicted octanol–water partition coefficient (Wildman–Crippen LogP) is 2.59. The molecule has 2 aliphatic heterocycles. The summed E-state index contributed by atoms with van der Waals surface area (Å²) in [5, 5.41) is 4.21. The molecule has 1 fully saturated rings. The molecule has 0 amide bonds. The first kappa shape index (κ1) is 17.3. The van der Waals surface area contributed by atoms with Crippen LogP contribution in [-0.4, -0.2) is 38.4 Å². The molecule has 2 aromatic rings. The Hall–Kier alpha value is -2.11. The molecule has 0 aromatic heterocycles. The lowest BCUT2D eigenvalue weighted by Crippen LogP contribution is -3.11. The van der Waals surface area contributed by atoms with Crippen LogP contribution in [0.1, 0.15) is 23.5 Å². The van der Waals surface area contributed by atoms with Gasteiger partial charge >= 0.3 is 0 Å². The van der Waals surface area contributed by atoms with Gasteiger partial charge in [0.15, 0.2) is 5.11 Å². The number of nitrogens with zero attached hydrogens (tertiary/aromatic N) is 1. The van der Waals surface area contributed by atoms with Crippen molar-refractivity contribution < 1.29 is 9.64 Å². The number of rotatable bonds is 2. The summed E-state index contributed by atoms with van der Waals surface area (Å²) in [5.41, 5.74) is 5.03. The summed E-state index contributed by atoms with van der Waals surface area (Å²) in [6.07, 6.45) is 1.16. The van der Waals surface area contributed by atoms with Crippen LogP contribution >= 0.6 is 12.2 Å². The largest absolute Gasteiger partial charge is 0.497 e. The lowest BCUT2D eigenvalue weighted by atomic mass is 9.89. The molecule has 26 heavy (non-hydrogen) atoms. The summed E-state index contributed by atoms with van der Waals surface area (Å²) < 4.78 is 5.24. The van der Waals surface area contributed by atoms with E-state index in [0.29, 0.717) is 12.0 Å². The number of hydrogen-bond acceptors (Lipinski definition) is 2. The number of likely N-dealkylation sites (N-methyl/N-ethyl adjacent to an activating group) is 1. The maximum Gasteiger partial charge on any atom is 0.178 e. The molecule has 5 heteroatoms. The van der Waals surface area contributed by atoms with Gasteiger partial charge in [0.1, 0.15) is 5.75 Å². The minimum atomic E-state index is 0.453. The summed E-state index contributed by atoms with van der Waals surface area (Å²) in [6.45, 7) is 4.53. The Balaban J connectivity index is 1.63. The van der Waals surface area contributed by atoms with E-state index in [1.165, 1.54) is 29.9 Å². The first-order chi connectivity index (χ1) is 12.6. The quantitative estimate of drug-likeness (QED) is 0.798. The number of piperidine rings is 1. The number of aryl methyl sites for hydroxylation is 1. The average Bonchev–Trinajstić information content (AvgIpc) is 2.95. The van der Waals surface area contributed by atoms with E-state index in [1.807, 2.05) is 24.3 Å². The monoisotopic (exact) mass is 368 g/mol. The van der Waals surface area contributed by atoms with Crippen molar-refractivity contribution in [1.29, 1.82) is 0 Å². The van der Waals surface area contributed by atoms with Crippen LogP contribution in [0.25, 0.3) is 0 Å². The Morgan fingerprint density at radius 2 is 2.00 bits per heavy atom. The number of methoxy groups -OCH3 is 1. The Labute approximate surface area is 160 Å². The van der Waals surface area contributed by atoms with Gasteiger partial charge in [0, 0.05) is 17.8 Å². The first-order valence-corrected chi connectivity index (χ1v) is 9.64. The van der Waals surface area contributed by atoms with E-state index in [0.717, 1.165) is 23.0 Å². The molecule has 0 spiro atoms. The summed E-state index contributed by atoms with van der Waals surface area (Å²) in [7, 11) is 3.97. The SMILES string of the molecule is COc1ccc(NC(=S)N2c3ccc(C)cc3[C@@H]3C[NH+](C)CC[C@@H]32)cc1. The molecule has 1 saturated heterocycles. The van der Waals surface area contributed by atoms with Gasteiger partial charge in [0.05, 0.1) is 39.2 Å². The molecule has 2 aliphatic rings. The number of fused-ring (bicyclic) bond motifs is 3. The van der Waals surface area contributed by atoms with Crippen LogP contribution in [0.3, 0.4) is 0 Å². The van der Waals surface area contributed by atoms with Gasteiger partial charge in [0.25, 0.3) is 0 Å². The van der Waals surface area contributed by atoms with Crippen LogP contribution in [0.15, 0.2) is 42.5 Å². The van der Waals surface area contributed by atoms with Crippen molar-refractivity contribution >= 4 is 28.7 Å². The first-order valence-electron chi connectivity index (χ1n) is 9.23. The van der Waals surface area contributed by atoms with Crippen molar-refractivity contribution in [3.8, 4) is 5.75 Å². The molecular formula is C21H26N3OS+. The van der Waals surface area contributed by atoms with E-state index >= 15 is 0 Å². The van der Waals surface area contributed by atoms with Crippen molar-refractivity contribution in [3.63, 3.8) is 0 Å². The number of anilines is 2. The molecule has 136 valence electrons. The highest BCUT2D eigenvalue weighted by molar-refractivity contribution is 7.80. The third-order valence-electron chi connectivity index (χ3n) is 5.63. The number of benzene rings is 2. The lowest BCUT2D eigenvalue weighted by molar-refractivity contribution is -0.886. The second-order valence-corrected chi connectivity index (χ2v) is 7.85. The van der Waals surface area contributed by atoms with E-state index in [9.17, 15) is 0 Å². The molecule has 0 radical (unpaired) electrons. The van der Waals surface area contributed by atoms with E-state index in [1.54, 1.807) is 12.0 Å². The standard InChI is InChI=1S/C21H25N3OS/c1-14-4-9-19-17(12-14)18-13-23(2)11-10-20(18)24(19)21(26)22-15-5-7-16(25-3)8-6-15/h4-9,12,18,20H,10-11,13H2,1-3H3,(H,22,26)/p+1/t18-,20-/m0/s1. The number of hydrogen-bond donors (Lipinski definition) is 2. The number of thiocarbonyl (C=S) groups is 1. The van der Waals surface area contributed by atoms with Crippen molar-refractivity contribution in [1.82, 2.24) is 0 Å². The molecular weight excluding hydrogens is 342 g/mol. The zero-order valence-electron chi connectivity index (χ0n) is 15.6. The van der Waals surface area contributed by atoms with Gasteiger partial charge in [-0.25, -0.2) is 0 Å². The van der Waals surface area contributed by atoms with Gasteiger partial charge in [-0.15, -0.1) is 0 Å². The van der Waals surface area contributed by atoms with Crippen LogP contribution in [0.5, 0.6) is 5.75 Å². The normalized spacial score (nSPS) is 24.0. The Bertz CT molecular complexity index is 821. The zero-order chi connectivity index (χ0) is 18.3. The zero-order valence-corrected chi connectivity index (χ0v) is 16.4. The third kappa shape index (κ3) is 3.06. The van der Waals surface area contributed by atoms with Gasteiger partial charge in [-0.05, 0) is 55.0 Å². The lowest BCUT2D eigenvalue weighted by Gasteiger charge is -2.35. The minimum Gasteiger partial charge on any atom is -0.497 e. The molecule has 4 rings (SSSR count). The highest BCUT2D eigenvalue weighted by atomic mass is 32.1. The fourth-order valence-corrected chi connectivity index (χ4v) is 4.67. The second-order valence-electron chi connectivity index (χ2n) is 7.46. The van der Waals surface area contributed by atoms with Crippen LogP contribution < -0.4 is 19.9 Å². The Morgan fingerprint density at radius 3 is 2.73 bits per heavy atom. The van der Waals surface area contributed by atoms with Gasteiger partial charge < -0.3 is 19.9 Å². The van der Waals surface area contributed by atoms with Crippen molar-refractivity contribution in [2.75, 3.05) is 37.5 Å². The number of nitrogens with one attached hydrogen (secondary N) is 2. The highest BCUT2D eigenvalue weighted by Crippen LogP contribution is 2.43. The predicted molar refractivity (Wildman–Crippen MR) is 111 cm³/mol. The maximum atomic E-state index is 5.84. The van der Waals surface area contributed by atoms with E-state index in [2.05, 4.69) is 42.4 Å². The third-order valence-corrected chi connectivity index (χ3v) is 5.93. The molecule has 3 atom stereocenters. The van der Waals surface area contributed by atoms with Crippen molar-refractivity contribution in [2.24, 2.45) is 0 Å². The summed E-state index contributed by atoms with van der Waals surface area (Å²) >= 11 is 5.84. The van der Waals surface area contributed by atoms with E-state index in [4.69, 9.17) is 17.0 Å². The van der Waals surface area contributed by atoms with Crippen molar-refractivity contribution in [2.45, 2.75) is 25.3 Å². The Kier molecular flexibility index (Phi) is 4.59. The molecule has 0 bridgehead atoms. The van der Waals surface area contributed by atoms with Crippen LogP contribution in [-0.2, 0) is 0 Å². The van der Waals surface area contributed by atoms with Crippen LogP contribution in [0.2, 0.25) is 0 Å². The van der Waals surface area contributed by atoms with E-state index in [-0.39, 0.29) is 0 Å². The van der Waals surface area contributed by atoms with Gasteiger partial charge in [0.2, 0.25) is 0 Å². The summed E-state index contributed by atoms with van der Waals surface area (Å²) in [5.74, 6) is 1.40. The number of likely N-dealkylation sites (tertiary alicyclic amines) is 1. The molecule has 2 N–H and O–H groups in total. The van der Waals surface area contributed by atoms with E-state index < -0.39 is 0 Å². The summed E-state index contributed by atoms with van der Waals surface area (Å²) in [4.78, 5) is 3.96. The average molecular weight is 369 g/mol. The fraction of sp³-hybridized carbons (Fsp3) is 0.381. The van der Waals surface area contributed by atoms with Gasteiger partial charge in [-0.3, -0.25) is 0 Å². The van der Waals surface area contributed by atoms with Gasteiger partial charge in [-0.1, -0.05) is 17.7 Å². The van der Waals surface area contributed by atoms with Gasteiger partial charge in [-0.2, -0.15) is 0 Å². The highest BCUT2D eigenvalue weighted by Gasteiger charge is 2.44. The molecule has 1 unspecified atom stereocenters. The Morgan fingerprint density at radius 1 is 1.23 bits per heavy atom. The minimum absolute atomic E-state index is 0.453. The summed E-state index contributed by atoms with van der Waals surface area (Å²) in [6, 6.07) is 15.1. The molecule has 4 nitrogen and oxygen atoms in total. The van der Waals surface area contributed by atoms with Crippen molar-refractivity contribution in [3.05, 3.63) is 53.6 Å². The second kappa shape index (κ2) is 6.89. The number of ether oxygens (including phenoxy) is 1. The maximum absolute atomic E-state index is 5.84. The van der Waals surface area contributed by atoms with Crippen LogP contribution in [0.4, 0.5) is 11.4 Å². The van der Waals surface area contributed by atoms with Crippen LogP contribution in [0, 0.1) is 6.92 Å².